The molecule has 0 saturated heterocycles. The minimum atomic E-state index is -0.865. The summed E-state index contributed by atoms with van der Waals surface area (Å²) in [6.07, 6.45) is 6.30. The average molecular weight is 575 g/mol. The highest BCUT2D eigenvalue weighted by Gasteiger charge is 2.41. The Bertz CT molecular complexity index is 1150. The molecule has 0 spiro atoms. The van der Waals surface area contributed by atoms with Gasteiger partial charge in [-0.15, -0.1) is 0 Å². The maximum Gasteiger partial charge on any atom is 0.314 e. The number of carbonyl (C=O) groups excluding carboxylic acids is 2. The zero-order valence-corrected chi connectivity index (χ0v) is 22.8. The van der Waals surface area contributed by atoms with Crippen LogP contribution in [-0.2, 0) is 14.3 Å². The second-order valence-electron chi connectivity index (χ2n) is 8.78. The lowest BCUT2D eigenvalue weighted by Gasteiger charge is -2.32. The molecule has 2 aliphatic rings. The topological polar surface area (TPSA) is 89.5 Å². The van der Waals surface area contributed by atoms with Crippen molar-refractivity contribution in [1.82, 2.24) is 0 Å². The molecule has 0 amide bonds. The molecule has 0 fully saturated rings. The van der Waals surface area contributed by atoms with E-state index in [-0.39, 0.29) is 6.79 Å². The number of unbranched alkanes of at least 4 members (excludes halogenated alkanes) is 3. The minimum Gasteiger partial charge on any atom is -0.493 e. The SMILES string of the molecule is COc1cc([C@@H]2c3cc4c(cc3C=C(C=O)[C@H]2C(=O)OCCCCCCBr)OCO4)cc(OC)c1OC. The highest BCUT2D eigenvalue weighted by Crippen LogP contribution is 2.50. The number of fused-ring (bicyclic) bond motifs is 2. The van der Waals surface area contributed by atoms with Gasteiger partial charge in [-0.1, -0.05) is 28.8 Å². The maximum absolute atomic E-state index is 13.5. The van der Waals surface area contributed by atoms with Gasteiger partial charge in [-0.2, -0.15) is 0 Å². The fraction of sp³-hybridized carbons (Fsp3) is 0.429. The van der Waals surface area contributed by atoms with E-state index in [1.807, 2.05) is 12.1 Å². The Morgan fingerprint density at radius 2 is 1.65 bits per heavy atom. The van der Waals surface area contributed by atoms with E-state index in [0.717, 1.165) is 48.4 Å². The summed E-state index contributed by atoms with van der Waals surface area (Å²) in [4.78, 5) is 25.8. The van der Waals surface area contributed by atoms with Gasteiger partial charge in [-0.25, -0.2) is 0 Å². The normalized spacial score (nSPS) is 17.5. The zero-order valence-electron chi connectivity index (χ0n) is 21.2. The highest BCUT2D eigenvalue weighted by atomic mass is 79.9. The number of ether oxygens (including phenoxy) is 6. The van der Waals surface area contributed by atoms with Crippen molar-refractivity contribution in [2.75, 3.05) is 40.1 Å². The molecule has 0 radical (unpaired) electrons. The van der Waals surface area contributed by atoms with E-state index in [2.05, 4.69) is 15.9 Å². The first kappa shape index (κ1) is 26.9. The lowest BCUT2D eigenvalue weighted by atomic mass is 9.71. The molecule has 0 N–H and O–H groups in total. The van der Waals surface area contributed by atoms with Crippen molar-refractivity contribution in [2.45, 2.75) is 31.6 Å². The number of aldehydes is 1. The molecular weight excluding hydrogens is 544 g/mol. The van der Waals surface area contributed by atoms with Crippen LogP contribution in [0.1, 0.15) is 48.3 Å². The van der Waals surface area contributed by atoms with Crippen LogP contribution in [0.2, 0.25) is 0 Å². The van der Waals surface area contributed by atoms with Gasteiger partial charge < -0.3 is 28.4 Å². The van der Waals surface area contributed by atoms with E-state index in [0.29, 0.717) is 46.5 Å². The molecule has 2 aromatic rings. The third-order valence-electron chi connectivity index (χ3n) is 6.64. The fourth-order valence-electron chi connectivity index (χ4n) is 4.85. The summed E-state index contributed by atoms with van der Waals surface area (Å²) in [7, 11) is 4.60. The Balaban J connectivity index is 1.78. The average Bonchev–Trinajstić information content (AvgIpc) is 3.38. The monoisotopic (exact) mass is 574 g/mol. The molecule has 198 valence electrons. The van der Waals surface area contributed by atoms with Crippen LogP contribution in [0.3, 0.4) is 0 Å². The van der Waals surface area contributed by atoms with Gasteiger partial charge >= 0.3 is 5.97 Å². The van der Waals surface area contributed by atoms with Crippen molar-refractivity contribution >= 4 is 34.3 Å². The number of rotatable bonds is 12. The van der Waals surface area contributed by atoms with Crippen molar-refractivity contribution in [1.29, 1.82) is 0 Å². The van der Waals surface area contributed by atoms with Crippen LogP contribution in [0.25, 0.3) is 6.08 Å². The van der Waals surface area contributed by atoms with Crippen LogP contribution >= 0.6 is 15.9 Å². The van der Waals surface area contributed by atoms with E-state index in [4.69, 9.17) is 28.4 Å². The summed E-state index contributed by atoms with van der Waals surface area (Å²) >= 11 is 3.43. The lowest BCUT2D eigenvalue weighted by molar-refractivity contribution is -0.148. The van der Waals surface area contributed by atoms with Gasteiger partial charge in [0.15, 0.2) is 23.0 Å². The predicted molar refractivity (Wildman–Crippen MR) is 141 cm³/mol. The van der Waals surface area contributed by atoms with Gasteiger partial charge in [-0.05, 0) is 59.9 Å². The van der Waals surface area contributed by atoms with Gasteiger partial charge in [0, 0.05) is 16.8 Å². The summed E-state index contributed by atoms with van der Waals surface area (Å²) in [6.45, 7) is 0.400. The van der Waals surface area contributed by atoms with Crippen molar-refractivity contribution in [3.8, 4) is 28.7 Å². The van der Waals surface area contributed by atoms with Gasteiger partial charge in [0.2, 0.25) is 12.5 Å². The Kier molecular flexibility index (Phi) is 8.97. The van der Waals surface area contributed by atoms with Gasteiger partial charge in [0.25, 0.3) is 0 Å². The van der Waals surface area contributed by atoms with Crippen molar-refractivity contribution in [3.63, 3.8) is 0 Å². The summed E-state index contributed by atoms with van der Waals surface area (Å²) in [5, 5.41) is 0.955. The molecule has 0 saturated carbocycles. The molecule has 1 heterocycles. The molecule has 1 aliphatic carbocycles. The maximum atomic E-state index is 13.5. The second-order valence-corrected chi connectivity index (χ2v) is 9.57. The minimum absolute atomic E-state index is 0.109. The summed E-state index contributed by atoms with van der Waals surface area (Å²) in [5.74, 6) is 0.608. The quantitative estimate of drug-likeness (QED) is 0.146. The van der Waals surface area contributed by atoms with E-state index >= 15 is 0 Å². The van der Waals surface area contributed by atoms with E-state index < -0.39 is 17.8 Å². The molecule has 37 heavy (non-hydrogen) atoms. The molecule has 4 rings (SSSR count). The molecule has 1 aliphatic heterocycles. The number of halogens is 1. The first-order valence-electron chi connectivity index (χ1n) is 12.2. The van der Waals surface area contributed by atoms with E-state index in [1.165, 1.54) is 21.3 Å². The van der Waals surface area contributed by atoms with Gasteiger partial charge in [0.1, 0.15) is 6.29 Å². The molecule has 9 heteroatoms. The Morgan fingerprint density at radius 1 is 0.973 bits per heavy atom. The van der Waals surface area contributed by atoms with Crippen molar-refractivity contribution < 1.29 is 38.0 Å². The molecular formula is C28H31BrO8. The van der Waals surface area contributed by atoms with E-state index in [9.17, 15) is 9.59 Å². The molecule has 2 atom stereocenters. The lowest BCUT2D eigenvalue weighted by Crippen LogP contribution is -2.31. The van der Waals surface area contributed by atoms with Gasteiger partial charge in [-0.3, -0.25) is 9.59 Å². The first-order valence-corrected chi connectivity index (χ1v) is 13.3. The summed E-state index contributed by atoms with van der Waals surface area (Å²) in [5.41, 5.74) is 2.61. The van der Waals surface area contributed by atoms with Crippen LogP contribution in [0.5, 0.6) is 28.7 Å². The van der Waals surface area contributed by atoms with Crippen molar-refractivity contribution in [2.24, 2.45) is 5.92 Å². The molecule has 8 nitrogen and oxygen atoms in total. The number of esters is 1. The first-order chi connectivity index (χ1) is 18.1. The number of hydrogen-bond donors (Lipinski definition) is 0. The molecule has 0 unspecified atom stereocenters. The Labute approximate surface area is 224 Å². The van der Waals surface area contributed by atoms with Crippen LogP contribution < -0.4 is 23.7 Å². The summed E-state index contributed by atoms with van der Waals surface area (Å²) < 4.78 is 33.6. The standard InChI is InChI=1S/C28H31BrO8/c1-32-23-12-18(13-24(33-2)27(23)34-3)25-20-14-22-21(36-16-37-22)11-17(20)10-19(15-30)26(25)28(31)35-9-7-5-4-6-8-29/h10-15,25-26H,4-9,16H2,1-3H3/t25-,26-/m1/s1. The largest absolute Gasteiger partial charge is 0.493 e. The van der Waals surface area contributed by atoms with Crippen LogP contribution in [0.15, 0.2) is 29.8 Å². The zero-order chi connectivity index (χ0) is 26.4. The number of hydrogen-bond acceptors (Lipinski definition) is 8. The predicted octanol–water partition coefficient (Wildman–Crippen LogP) is 5.28. The number of carbonyl (C=O) groups is 2. The third-order valence-corrected chi connectivity index (χ3v) is 7.20. The number of alkyl halides is 1. The molecule has 0 bridgehead atoms. The molecule has 0 aromatic heterocycles. The third kappa shape index (κ3) is 5.56. The fourth-order valence-corrected chi connectivity index (χ4v) is 5.25. The smallest absolute Gasteiger partial charge is 0.314 e. The Hall–Kier alpha value is -3.20. The Morgan fingerprint density at radius 3 is 2.27 bits per heavy atom. The van der Waals surface area contributed by atoms with Crippen LogP contribution in [0, 0.1) is 5.92 Å². The van der Waals surface area contributed by atoms with E-state index in [1.54, 1.807) is 18.2 Å². The summed E-state index contributed by atoms with van der Waals surface area (Å²) in [6, 6.07) is 7.30. The van der Waals surface area contributed by atoms with Gasteiger partial charge in [0.05, 0.1) is 33.9 Å². The number of methoxy groups -OCH3 is 3. The van der Waals surface area contributed by atoms with Crippen molar-refractivity contribution in [3.05, 3.63) is 46.5 Å². The van der Waals surface area contributed by atoms with Crippen LogP contribution in [0.4, 0.5) is 0 Å². The second kappa shape index (κ2) is 12.4. The van der Waals surface area contributed by atoms with Crippen LogP contribution in [-0.4, -0.2) is 52.3 Å². The number of benzene rings is 2. The highest BCUT2D eigenvalue weighted by molar-refractivity contribution is 9.09. The molecule has 2 aromatic carbocycles.